The fraction of sp³-hybridized carbons (Fsp3) is 0.500. The second-order valence-corrected chi connectivity index (χ2v) is 6.20. The molecule has 0 saturated heterocycles. The summed E-state index contributed by atoms with van der Waals surface area (Å²) >= 11 is 0. The van der Waals surface area contributed by atoms with Gasteiger partial charge in [-0.2, -0.15) is 0 Å². The fourth-order valence-corrected chi connectivity index (χ4v) is 2.96. The minimum atomic E-state index is -1.21. The van der Waals surface area contributed by atoms with Gasteiger partial charge in [0, 0.05) is 11.6 Å². The van der Waals surface area contributed by atoms with Gasteiger partial charge in [-0.15, -0.1) is 0 Å². The van der Waals surface area contributed by atoms with E-state index in [-0.39, 0.29) is 5.91 Å². The van der Waals surface area contributed by atoms with Crippen molar-refractivity contribution in [3.8, 4) is 0 Å². The molecule has 0 bridgehead atoms. The van der Waals surface area contributed by atoms with E-state index < -0.39 is 5.60 Å². The molecule has 2 saturated carbocycles. The molecule has 0 unspecified atom stereocenters. The quantitative estimate of drug-likeness (QED) is 0.909. The van der Waals surface area contributed by atoms with Crippen molar-refractivity contribution in [3.63, 3.8) is 0 Å². The maximum absolute atomic E-state index is 12.2. The Balaban J connectivity index is 1.57. The van der Waals surface area contributed by atoms with Crippen LogP contribution in [0, 0.1) is 0 Å². The van der Waals surface area contributed by atoms with E-state index in [4.69, 9.17) is 4.42 Å². The van der Waals surface area contributed by atoms with Crippen LogP contribution in [0.3, 0.4) is 0 Å². The Labute approximate surface area is 122 Å². The number of amides is 1. The summed E-state index contributed by atoms with van der Waals surface area (Å²) in [6, 6.07) is 5.42. The fourth-order valence-electron chi connectivity index (χ4n) is 2.96. The van der Waals surface area contributed by atoms with Crippen molar-refractivity contribution in [2.24, 2.45) is 0 Å². The Morgan fingerprint density at radius 3 is 2.81 bits per heavy atom. The predicted molar refractivity (Wildman–Crippen MR) is 78.0 cm³/mol. The molecular formula is C16H18N2O3. The van der Waals surface area contributed by atoms with E-state index in [1.54, 1.807) is 12.1 Å². The van der Waals surface area contributed by atoms with Crippen molar-refractivity contribution in [1.82, 2.24) is 4.98 Å². The van der Waals surface area contributed by atoms with Gasteiger partial charge in [0.2, 0.25) is 0 Å². The number of hydrogen-bond donors (Lipinski definition) is 2. The lowest BCUT2D eigenvalue weighted by atomic mass is 10.0. The van der Waals surface area contributed by atoms with Crippen LogP contribution in [0.4, 0.5) is 5.69 Å². The molecule has 5 heteroatoms. The normalized spacial score (nSPS) is 20.8. The molecule has 2 aromatic rings. The van der Waals surface area contributed by atoms with Gasteiger partial charge in [-0.25, -0.2) is 4.98 Å². The molecule has 2 fully saturated rings. The first-order valence-electron chi connectivity index (χ1n) is 7.58. The van der Waals surface area contributed by atoms with Gasteiger partial charge in [0.1, 0.15) is 11.1 Å². The molecule has 2 N–H and O–H groups in total. The summed E-state index contributed by atoms with van der Waals surface area (Å²) < 4.78 is 5.70. The van der Waals surface area contributed by atoms with Crippen LogP contribution in [0.15, 0.2) is 22.6 Å². The summed E-state index contributed by atoms with van der Waals surface area (Å²) in [6.07, 6.45) is 5.16. The van der Waals surface area contributed by atoms with Crippen LogP contribution in [0.25, 0.3) is 11.1 Å². The first-order valence-corrected chi connectivity index (χ1v) is 7.58. The highest BCUT2D eigenvalue weighted by Crippen LogP contribution is 2.40. The smallest absolute Gasteiger partial charge is 0.256 e. The number of benzene rings is 1. The number of rotatable bonds is 3. The van der Waals surface area contributed by atoms with Crippen LogP contribution in [-0.4, -0.2) is 21.6 Å². The molecule has 0 radical (unpaired) electrons. The Morgan fingerprint density at radius 2 is 2.10 bits per heavy atom. The first-order chi connectivity index (χ1) is 10.1. The molecule has 1 aromatic heterocycles. The van der Waals surface area contributed by atoms with Gasteiger partial charge >= 0.3 is 0 Å². The second-order valence-electron chi connectivity index (χ2n) is 6.20. The zero-order chi connectivity index (χ0) is 14.4. The van der Waals surface area contributed by atoms with Gasteiger partial charge in [-0.3, -0.25) is 4.79 Å². The summed E-state index contributed by atoms with van der Waals surface area (Å²) in [5.41, 5.74) is 0.948. The van der Waals surface area contributed by atoms with Crippen LogP contribution in [0.1, 0.15) is 50.3 Å². The third-order valence-electron chi connectivity index (χ3n) is 4.44. The minimum Gasteiger partial charge on any atom is -0.440 e. The topological polar surface area (TPSA) is 75.4 Å². The molecular weight excluding hydrogens is 268 g/mol. The molecule has 1 heterocycles. The van der Waals surface area contributed by atoms with Crippen molar-refractivity contribution >= 4 is 22.7 Å². The van der Waals surface area contributed by atoms with Gasteiger partial charge in [-0.1, -0.05) is 0 Å². The monoisotopic (exact) mass is 286 g/mol. The number of nitrogens with zero attached hydrogens (tertiary/aromatic N) is 1. The molecule has 2 aliphatic carbocycles. The Morgan fingerprint density at radius 1 is 1.33 bits per heavy atom. The molecule has 110 valence electrons. The van der Waals surface area contributed by atoms with E-state index in [9.17, 15) is 9.90 Å². The maximum Gasteiger partial charge on any atom is 0.256 e. The Hall–Kier alpha value is -1.88. The van der Waals surface area contributed by atoms with Crippen molar-refractivity contribution in [3.05, 3.63) is 24.1 Å². The minimum absolute atomic E-state index is 0.315. The van der Waals surface area contributed by atoms with Crippen molar-refractivity contribution in [1.29, 1.82) is 0 Å². The number of carbonyl (C=O) groups excluding carboxylic acids is 1. The summed E-state index contributed by atoms with van der Waals surface area (Å²) in [7, 11) is 0. The summed E-state index contributed by atoms with van der Waals surface area (Å²) in [5, 5.41) is 13.1. The number of hydrogen-bond acceptors (Lipinski definition) is 4. The van der Waals surface area contributed by atoms with Crippen molar-refractivity contribution < 1.29 is 14.3 Å². The largest absolute Gasteiger partial charge is 0.440 e. The third kappa shape index (κ3) is 2.31. The number of oxazole rings is 1. The van der Waals surface area contributed by atoms with E-state index in [2.05, 4.69) is 10.3 Å². The predicted octanol–water partition coefficient (Wildman–Crippen LogP) is 2.95. The van der Waals surface area contributed by atoms with Gasteiger partial charge in [-0.05, 0) is 56.7 Å². The van der Waals surface area contributed by atoms with Crippen LogP contribution in [0.5, 0.6) is 0 Å². The van der Waals surface area contributed by atoms with Crippen LogP contribution >= 0.6 is 0 Å². The second kappa shape index (κ2) is 4.56. The van der Waals surface area contributed by atoms with E-state index >= 15 is 0 Å². The third-order valence-corrected chi connectivity index (χ3v) is 4.44. The SMILES string of the molecule is O=C(Nc1ccc2oc(C3CC3)nc2c1)C1(O)CCCC1. The number of aliphatic hydroxyl groups is 1. The number of anilines is 1. The first kappa shape index (κ1) is 12.8. The van der Waals surface area contributed by atoms with E-state index in [1.807, 2.05) is 6.07 Å². The molecule has 21 heavy (non-hydrogen) atoms. The molecule has 2 aliphatic rings. The molecule has 1 aromatic carbocycles. The van der Waals surface area contributed by atoms with Gasteiger partial charge in [0.25, 0.3) is 5.91 Å². The van der Waals surface area contributed by atoms with Gasteiger partial charge < -0.3 is 14.8 Å². The van der Waals surface area contributed by atoms with Gasteiger partial charge in [0.15, 0.2) is 11.5 Å². The van der Waals surface area contributed by atoms with Crippen LogP contribution in [0.2, 0.25) is 0 Å². The average Bonchev–Trinajstić information content (AvgIpc) is 3.08. The summed E-state index contributed by atoms with van der Waals surface area (Å²) in [5.74, 6) is 0.947. The number of nitrogens with one attached hydrogen (secondary N) is 1. The molecule has 1 amide bonds. The van der Waals surface area contributed by atoms with E-state index in [0.29, 0.717) is 24.4 Å². The zero-order valence-corrected chi connectivity index (χ0v) is 11.8. The number of carbonyl (C=O) groups is 1. The summed E-state index contributed by atoms with van der Waals surface area (Å²) in [6.45, 7) is 0. The lowest BCUT2D eigenvalue weighted by molar-refractivity contribution is -0.133. The lowest BCUT2D eigenvalue weighted by Gasteiger charge is -2.20. The maximum atomic E-state index is 12.2. The van der Waals surface area contributed by atoms with E-state index in [1.165, 1.54) is 0 Å². The van der Waals surface area contributed by atoms with Gasteiger partial charge in [0.05, 0.1) is 0 Å². The highest BCUT2D eigenvalue weighted by atomic mass is 16.3. The molecule has 0 spiro atoms. The lowest BCUT2D eigenvalue weighted by Crippen LogP contribution is -2.40. The standard InChI is InChI=1S/C16H18N2O3/c19-15(16(20)7-1-2-8-16)17-11-5-6-13-12(9-11)18-14(21-13)10-3-4-10/h5-6,9-10,20H,1-4,7-8H2,(H,17,19). The molecule has 0 aliphatic heterocycles. The van der Waals surface area contributed by atoms with Crippen molar-refractivity contribution in [2.45, 2.75) is 50.0 Å². The summed E-state index contributed by atoms with van der Waals surface area (Å²) in [4.78, 5) is 16.7. The average molecular weight is 286 g/mol. The zero-order valence-electron chi connectivity index (χ0n) is 11.8. The highest BCUT2D eigenvalue weighted by Gasteiger charge is 2.38. The van der Waals surface area contributed by atoms with Crippen LogP contribution < -0.4 is 5.32 Å². The molecule has 4 rings (SSSR count). The van der Waals surface area contributed by atoms with Crippen LogP contribution in [-0.2, 0) is 4.79 Å². The Kier molecular flexibility index (Phi) is 2.79. The number of fused-ring (bicyclic) bond motifs is 1. The highest BCUT2D eigenvalue weighted by molar-refractivity contribution is 5.98. The molecule has 0 atom stereocenters. The molecule has 5 nitrogen and oxygen atoms in total. The Bertz CT molecular complexity index is 697. The number of aromatic nitrogens is 1. The van der Waals surface area contributed by atoms with E-state index in [0.717, 1.165) is 42.7 Å². The van der Waals surface area contributed by atoms with Crippen molar-refractivity contribution in [2.75, 3.05) is 5.32 Å².